The van der Waals surface area contributed by atoms with Crippen LogP contribution in [0.2, 0.25) is 0 Å². The van der Waals surface area contributed by atoms with Crippen LogP contribution < -0.4 is 10.2 Å². The number of unbranched alkanes of at least 4 members (excludes halogenated alkanes) is 1. The average molecular weight is 213 g/mol. The lowest BCUT2D eigenvalue weighted by Gasteiger charge is -2.05. The topological polar surface area (TPSA) is 28.2 Å². The predicted molar refractivity (Wildman–Crippen MR) is 63.1 cm³/mol. The van der Waals surface area contributed by atoms with E-state index in [1.807, 2.05) is 25.2 Å². The van der Waals surface area contributed by atoms with Crippen LogP contribution in [0.5, 0.6) is 0 Å². The van der Waals surface area contributed by atoms with Gasteiger partial charge in [-0.3, -0.25) is 0 Å². The molecule has 0 spiro atoms. The zero-order valence-corrected chi connectivity index (χ0v) is 10.0. The second-order valence-corrected chi connectivity index (χ2v) is 4.63. The molecular weight excluding hydrogens is 194 g/mol. The fourth-order valence-electron chi connectivity index (χ4n) is 1.10. The SMILES string of the molecule is CCCCNCc1cnc(N(C)C)s1. The molecule has 0 amide bonds. The van der Waals surface area contributed by atoms with E-state index in [1.54, 1.807) is 11.3 Å². The van der Waals surface area contributed by atoms with Crippen LogP contribution in [0.3, 0.4) is 0 Å². The molecule has 0 aliphatic carbocycles. The van der Waals surface area contributed by atoms with Gasteiger partial charge in [-0.1, -0.05) is 13.3 Å². The van der Waals surface area contributed by atoms with Gasteiger partial charge in [0.1, 0.15) is 0 Å². The predicted octanol–water partition coefficient (Wildman–Crippen LogP) is 2.10. The fourth-order valence-corrected chi connectivity index (χ4v) is 1.90. The molecule has 1 aromatic rings. The Kier molecular flexibility index (Phi) is 4.90. The van der Waals surface area contributed by atoms with Crippen LogP contribution in [0.25, 0.3) is 0 Å². The number of nitrogens with one attached hydrogen (secondary N) is 1. The molecule has 1 aromatic heterocycles. The standard InChI is InChI=1S/C10H19N3S/c1-4-5-6-11-7-9-8-12-10(14-9)13(2)3/h8,11H,4-7H2,1-3H3. The molecule has 1 N–H and O–H groups in total. The summed E-state index contributed by atoms with van der Waals surface area (Å²) in [6, 6.07) is 0. The minimum Gasteiger partial charge on any atom is -0.354 e. The molecule has 80 valence electrons. The van der Waals surface area contributed by atoms with E-state index in [1.165, 1.54) is 17.7 Å². The van der Waals surface area contributed by atoms with E-state index in [0.717, 1.165) is 18.2 Å². The molecule has 0 atom stereocenters. The van der Waals surface area contributed by atoms with Gasteiger partial charge in [-0.05, 0) is 13.0 Å². The molecule has 0 radical (unpaired) electrons. The van der Waals surface area contributed by atoms with Gasteiger partial charge in [-0.2, -0.15) is 0 Å². The van der Waals surface area contributed by atoms with Crippen LogP contribution in [0.1, 0.15) is 24.6 Å². The van der Waals surface area contributed by atoms with E-state index in [9.17, 15) is 0 Å². The largest absolute Gasteiger partial charge is 0.354 e. The Morgan fingerprint density at radius 3 is 2.86 bits per heavy atom. The Bertz CT molecular complexity index is 258. The van der Waals surface area contributed by atoms with Crippen molar-refractivity contribution in [2.75, 3.05) is 25.5 Å². The monoisotopic (exact) mass is 213 g/mol. The summed E-state index contributed by atoms with van der Waals surface area (Å²) in [4.78, 5) is 7.67. The summed E-state index contributed by atoms with van der Waals surface area (Å²) in [7, 11) is 4.04. The van der Waals surface area contributed by atoms with Gasteiger partial charge < -0.3 is 10.2 Å². The highest BCUT2D eigenvalue weighted by molar-refractivity contribution is 7.15. The van der Waals surface area contributed by atoms with E-state index in [4.69, 9.17) is 0 Å². The summed E-state index contributed by atoms with van der Waals surface area (Å²) in [5, 5.41) is 4.49. The number of rotatable bonds is 6. The Hall–Kier alpha value is -0.610. The first-order valence-electron chi connectivity index (χ1n) is 5.06. The Morgan fingerprint density at radius 2 is 2.29 bits per heavy atom. The summed E-state index contributed by atoms with van der Waals surface area (Å²) in [5.41, 5.74) is 0. The van der Waals surface area contributed by atoms with Crippen LogP contribution in [0.4, 0.5) is 5.13 Å². The van der Waals surface area contributed by atoms with E-state index < -0.39 is 0 Å². The minimum absolute atomic E-state index is 0.950. The highest BCUT2D eigenvalue weighted by Gasteiger charge is 2.02. The van der Waals surface area contributed by atoms with Crippen molar-refractivity contribution in [3.8, 4) is 0 Å². The second kappa shape index (κ2) is 5.98. The highest BCUT2D eigenvalue weighted by atomic mass is 32.1. The number of anilines is 1. The molecule has 4 heteroatoms. The Labute approximate surface area is 90.2 Å². The maximum Gasteiger partial charge on any atom is 0.185 e. The second-order valence-electron chi connectivity index (χ2n) is 3.53. The van der Waals surface area contributed by atoms with Crippen molar-refractivity contribution in [1.29, 1.82) is 0 Å². The first-order valence-corrected chi connectivity index (χ1v) is 5.88. The van der Waals surface area contributed by atoms with Gasteiger partial charge in [0.2, 0.25) is 0 Å². The van der Waals surface area contributed by atoms with Crippen LogP contribution in [0, 0.1) is 0 Å². The smallest absolute Gasteiger partial charge is 0.185 e. The molecule has 0 aliphatic heterocycles. The van der Waals surface area contributed by atoms with Crippen molar-refractivity contribution in [2.24, 2.45) is 0 Å². The van der Waals surface area contributed by atoms with Gasteiger partial charge in [0, 0.05) is 31.7 Å². The number of hydrogen-bond acceptors (Lipinski definition) is 4. The molecule has 3 nitrogen and oxygen atoms in total. The zero-order valence-electron chi connectivity index (χ0n) is 9.21. The van der Waals surface area contributed by atoms with Crippen LogP contribution >= 0.6 is 11.3 Å². The van der Waals surface area contributed by atoms with Gasteiger partial charge in [0.15, 0.2) is 5.13 Å². The lowest BCUT2D eigenvalue weighted by atomic mass is 10.3. The fraction of sp³-hybridized carbons (Fsp3) is 0.700. The first kappa shape index (κ1) is 11.5. The third-order valence-electron chi connectivity index (χ3n) is 1.93. The molecule has 1 rings (SSSR count). The number of nitrogens with zero attached hydrogens (tertiary/aromatic N) is 2. The average Bonchev–Trinajstić information content (AvgIpc) is 2.61. The lowest BCUT2D eigenvalue weighted by molar-refractivity contribution is 0.645. The van der Waals surface area contributed by atoms with Crippen LogP contribution in [-0.2, 0) is 6.54 Å². The highest BCUT2D eigenvalue weighted by Crippen LogP contribution is 2.19. The molecule has 0 aromatic carbocycles. The maximum absolute atomic E-state index is 4.32. The van der Waals surface area contributed by atoms with Gasteiger partial charge in [-0.25, -0.2) is 4.98 Å². The van der Waals surface area contributed by atoms with Crippen molar-refractivity contribution in [2.45, 2.75) is 26.3 Å². The number of thiazole rings is 1. The molecule has 0 aliphatic rings. The normalized spacial score (nSPS) is 10.5. The third kappa shape index (κ3) is 3.64. The number of hydrogen-bond donors (Lipinski definition) is 1. The first-order chi connectivity index (χ1) is 6.74. The molecule has 14 heavy (non-hydrogen) atoms. The third-order valence-corrected chi connectivity index (χ3v) is 3.10. The summed E-state index contributed by atoms with van der Waals surface area (Å²) in [5.74, 6) is 0. The lowest BCUT2D eigenvalue weighted by Crippen LogP contribution is -2.13. The van der Waals surface area contributed by atoms with E-state index in [-0.39, 0.29) is 0 Å². The summed E-state index contributed by atoms with van der Waals surface area (Å²) >= 11 is 1.75. The van der Waals surface area contributed by atoms with E-state index in [2.05, 4.69) is 17.2 Å². The van der Waals surface area contributed by atoms with Gasteiger partial charge in [-0.15, -0.1) is 11.3 Å². The Morgan fingerprint density at radius 1 is 1.50 bits per heavy atom. The van der Waals surface area contributed by atoms with Crippen molar-refractivity contribution in [3.63, 3.8) is 0 Å². The molecule has 0 saturated heterocycles. The zero-order chi connectivity index (χ0) is 10.4. The van der Waals surface area contributed by atoms with Crippen LogP contribution in [-0.4, -0.2) is 25.6 Å². The van der Waals surface area contributed by atoms with Gasteiger partial charge in [0.25, 0.3) is 0 Å². The molecule has 1 heterocycles. The molecule has 0 unspecified atom stereocenters. The van der Waals surface area contributed by atoms with Crippen molar-refractivity contribution in [3.05, 3.63) is 11.1 Å². The molecule has 0 bridgehead atoms. The summed E-state index contributed by atoms with van der Waals surface area (Å²) in [6.45, 7) is 4.26. The summed E-state index contributed by atoms with van der Waals surface area (Å²) < 4.78 is 0. The van der Waals surface area contributed by atoms with E-state index in [0.29, 0.717) is 0 Å². The van der Waals surface area contributed by atoms with Crippen molar-refractivity contribution < 1.29 is 0 Å². The van der Waals surface area contributed by atoms with E-state index >= 15 is 0 Å². The quantitative estimate of drug-likeness (QED) is 0.734. The molecule has 0 saturated carbocycles. The van der Waals surface area contributed by atoms with Crippen molar-refractivity contribution >= 4 is 16.5 Å². The van der Waals surface area contributed by atoms with Gasteiger partial charge in [0.05, 0.1) is 0 Å². The Balaban J connectivity index is 2.29. The minimum atomic E-state index is 0.950. The maximum atomic E-state index is 4.32. The molecular formula is C10H19N3S. The van der Waals surface area contributed by atoms with Crippen molar-refractivity contribution in [1.82, 2.24) is 10.3 Å². The summed E-state index contributed by atoms with van der Waals surface area (Å²) in [6.07, 6.45) is 4.46. The molecule has 0 fully saturated rings. The van der Waals surface area contributed by atoms with Crippen LogP contribution in [0.15, 0.2) is 6.20 Å². The number of aromatic nitrogens is 1. The van der Waals surface area contributed by atoms with Gasteiger partial charge >= 0.3 is 0 Å².